The zero-order valence-electron chi connectivity index (χ0n) is 11.5. The third kappa shape index (κ3) is 2.07. The third-order valence-corrected chi connectivity index (χ3v) is 5.43. The van der Waals surface area contributed by atoms with Crippen molar-refractivity contribution in [2.75, 3.05) is 0 Å². The molecule has 4 aliphatic rings. The molecule has 0 radical (unpaired) electrons. The van der Waals surface area contributed by atoms with Crippen LogP contribution < -0.4 is 5.32 Å². The molecular formula is C15H25NO2. The average molecular weight is 251 g/mol. The van der Waals surface area contributed by atoms with E-state index in [1.807, 2.05) is 13.8 Å². The van der Waals surface area contributed by atoms with E-state index in [1.165, 1.54) is 38.5 Å². The molecule has 4 fully saturated rings. The summed E-state index contributed by atoms with van der Waals surface area (Å²) < 4.78 is 0. The minimum atomic E-state index is -0.680. The summed E-state index contributed by atoms with van der Waals surface area (Å²) in [6.07, 6.45) is 7.86. The summed E-state index contributed by atoms with van der Waals surface area (Å²) in [7, 11) is 0. The number of carbonyl (C=O) groups is 1. The number of nitrogens with one attached hydrogen (secondary N) is 1. The van der Waals surface area contributed by atoms with Gasteiger partial charge in [0.1, 0.15) is 6.04 Å². The van der Waals surface area contributed by atoms with Gasteiger partial charge in [-0.25, -0.2) is 0 Å². The van der Waals surface area contributed by atoms with Gasteiger partial charge in [0.05, 0.1) is 0 Å². The van der Waals surface area contributed by atoms with Crippen molar-refractivity contribution in [3.63, 3.8) is 0 Å². The van der Waals surface area contributed by atoms with Crippen LogP contribution in [0.2, 0.25) is 0 Å². The maximum absolute atomic E-state index is 11.4. The zero-order valence-corrected chi connectivity index (χ0v) is 11.5. The first-order chi connectivity index (χ1) is 8.47. The molecule has 3 heteroatoms. The van der Waals surface area contributed by atoms with Gasteiger partial charge in [-0.3, -0.25) is 10.1 Å². The topological polar surface area (TPSA) is 49.3 Å². The van der Waals surface area contributed by atoms with Crippen molar-refractivity contribution in [3.05, 3.63) is 0 Å². The molecule has 0 aromatic carbocycles. The summed E-state index contributed by atoms with van der Waals surface area (Å²) >= 11 is 0. The van der Waals surface area contributed by atoms with Gasteiger partial charge in [-0.15, -0.1) is 0 Å². The molecule has 0 spiro atoms. The van der Waals surface area contributed by atoms with Crippen molar-refractivity contribution in [2.24, 2.45) is 23.7 Å². The van der Waals surface area contributed by atoms with Gasteiger partial charge in [0.25, 0.3) is 0 Å². The number of aliphatic carboxylic acids is 1. The highest BCUT2D eigenvalue weighted by molar-refractivity contribution is 5.73. The number of hydrogen-bond acceptors (Lipinski definition) is 2. The smallest absolute Gasteiger partial charge is 0.320 e. The molecule has 4 rings (SSSR count). The summed E-state index contributed by atoms with van der Waals surface area (Å²) in [4.78, 5) is 11.4. The van der Waals surface area contributed by atoms with Crippen LogP contribution in [-0.2, 0) is 4.79 Å². The van der Waals surface area contributed by atoms with Gasteiger partial charge in [0.15, 0.2) is 0 Å². The lowest BCUT2D eigenvalue weighted by atomic mass is 9.53. The lowest BCUT2D eigenvalue weighted by molar-refractivity contribution is -0.142. The maximum Gasteiger partial charge on any atom is 0.320 e. The summed E-state index contributed by atoms with van der Waals surface area (Å²) in [6.45, 7) is 4.01. The lowest BCUT2D eigenvalue weighted by Crippen LogP contribution is -2.63. The van der Waals surface area contributed by atoms with E-state index in [9.17, 15) is 9.90 Å². The molecule has 1 unspecified atom stereocenters. The van der Waals surface area contributed by atoms with E-state index in [4.69, 9.17) is 0 Å². The Hall–Kier alpha value is -0.570. The number of carboxylic acids is 1. The van der Waals surface area contributed by atoms with Crippen LogP contribution in [-0.4, -0.2) is 22.7 Å². The first-order valence-electron chi connectivity index (χ1n) is 7.48. The molecule has 0 aliphatic heterocycles. The van der Waals surface area contributed by atoms with Gasteiger partial charge < -0.3 is 5.11 Å². The summed E-state index contributed by atoms with van der Waals surface area (Å²) in [6, 6.07) is -0.374. The van der Waals surface area contributed by atoms with Crippen molar-refractivity contribution in [3.8, 4) is 0 Å². The molecule has 3 nitrogen and oxygen atoms in total. The van der Waals surface area contributed by atoms with Crippen LogP contribution in [0.15, 0.2) is 0 Å². The molecule has 1 atom stereocenters. The number of carboxylic acid groups (broad SMARTS) is 1. The quantitative estimate of drug-likeness (QED) is 0.807. The van der Waals surface area contributed by atoms with Gasteiger partial charge in [0, 0.05) is 5.54 Å². The molecule has 4 saturated carbocycles. The average Bonchev–Trinajstić information content (AvgIpc) is 2.23. The Labute approximate surface area is 109 Å². The van der Waals surface area contributed by atoms with Crippen LogP contribution in [0.1, 0.15) is 52.4 Å². The van der Waals surface area contributed by atoms with Gasteiger partial charge in [-0.2, -0.15) is 0 Å². The Kier molecular flexibility index (Phi) is 2.92. The predicted octanol–water partition coefficient (Wildman–Crippen LogP) is 2.65. The molecule has 0 saturated heterocycles. The second-order valence-electron chi connectivity index (χ2n) is 7.40. The molecule has 18 heavy (non-hydrogen) atoms. The fraction of sp³-hybridized carbons (Fsp3) is 0.933. The molecule has 4 bridgehead atoms. The van der Waals surface area contributed by atoms with Crippen molar-refractivity contribution < 1.29 is 9.90 Å². The van der Waals surface area contributed by atoms with Crippen LogP contribution in [0.5, 0.6) is 0 Å². The minimum Gasteiger partial charge on any atom is -0.480 e. The number of rotatable bonds is 4. The Bertz CT molecular complexity index is 315. The van der Waals surface area contributed by atoms with Gasteiger partial charge in [-0.05, 0) is 62.2 Å². The molecule has 102 valence electrons. The van der Waals surface area contributed by atoms with Gasteiger partial charge in [-0.1, -0.05) is 13.8 Å². The largest absolute Gasteiger partial charge is 0.480 e. The minimum absolute atomic E-state index is 0.155. The van der Waals surface area contributed by atoms with Crippen molar-refractivity contribution in [1.82, 2.24) is 5.32 Å². The monoisotopic (exact) mass is 251 g/mol. The van der Waals surface area contributed by atoms with Crippen LogP contribution in [0.4, 0.5) is 0 Å². The summed E-state index contributed by atoms with van der Waals surface area (Å²) in [5, 5.41) is 12.9. The van der Waals surface area contributed by atoms with E-state index in [1.54, 1.807) is 0 Å². The lowest BCUT2D eigenvalue weighted by Gasteiger charge is -2.58. The molecule has 0 aromatic heterocycles. The van der Waals surface area contributed by atoms with E-state index >= 15 is 0 Å². The van der Waals surface area contributed by atoms with Crippen LogP contribution in [0, 0.1) is 23.7 Å². The van der Waals surface area contributed by atoms with Crippen LogP contribution >= 0.6 is 0 Å². The van der Waals surface area contributed by atoms with E-state index in [0.29, 0.717) is 0 Å². The number of hydrogen-bond donors (Lipinski definition) is 2. The van der Waals surface area contributed by atoms with E-state index < -0.39 is 5.97 Å². The first kappa shape index (κ1) is 12.5. The van der Waals surface area contributed by atoms with Crippen molar-refractivity contribution in [1.29, 1.82) is 0 Å². The van der Waals surface area contributed by atoms with Crippen LogP contribution in [0.25, 0.3) is 0 Å². The highest BCUT2D eigenvalue weighted by Crippen LogP contribution is 2.55. The zero-order chi connectivity index (χ0) is 12.9. The molecule has 0 amide bonds. The molecule has 0 aromatic rings. The first-order valence-corrected chi connectivity index (χ1v) is 7.48. The molecular weight excluding hydrogens is 226 g/mol. The highest BCUT2D eigenvalue weighted by Gasteiger charge is 2.52. The van der Waals surface area contributed by atoms with E-state index in [-0.39, 0.29) is 17.5 Å². The van der Waals surface area contributed by atoms with Crippen LogP contribution in [0.3, 0.4) is 0 Å². The van der Waals surface area contributed by atoms with Gasteiger partial charge in [0.2, 0.25) is 0 Å². The highest BCUT2D eigenvalue weighted by atomic mass is 16.4. The second kappa shape index (κ2) is 4.22. The Balaban J connectivity index is 1.77. The molecule has 0 heterocycles. The summed E-state index contributed by atoms with van der Waals surface area (Å²) in [5.74, 6) is 2.08. The summed E-state index contributed by atoms with van der Waals surface area (Å²) in [5.41, 5.74) is 0.155. The van der Waals surface area contributed by atoms with E-state index in [2.05, 4.69) is 5.32 Å². The fourth-order valence-corrected chi connectivity index (χ4v) is 5.13. The van der Waals surface area contributed by atoms with E-state index in [0.717, 1.165) is 17.8 Å². The molecule has 2 N–H and O–H groups in total. The third-order valence-electron chi connectivity index (χ3n) is 5.43. The molecule has 4 aliphatic carbocycles. The normalized spacial score (nSPS) is 43.4. The SMILES string of the molecule is CC(C)C(NC12CC3CC(CC(C3)C1)C2)C(=O)O. The second-order valence-corrected chi connectivity index (χ2v) is 7.40. The fourth-order valence-electron chi connectivity index (χ4n) is 5.13. The van der Waals surface area contributed by atoms with Crippen molar-refractivity contribution >= 4 is 5.97 Å². The Morgan fingerprint density at radius 1 is 1.11 bits per heavy atom. The van der Waals surface area contributed by atoms with Crippen molar-refractivity contribution in [2.45, 2.75) is 64.0 Å². The van der Waals surface area contributed by atoms with Gasteiger partial charge >= 0.3 is 5.97 Å². The standard InChI is InChI=1S/C15H25NO2/c1-9(2)13(14(17)18)16-15-6-10-3-11(7-15)5-12(4-10)8-15/h9-13,16H,3-8H2,1-2H3,(H,17,18). The Morgan fingerprint density at radius 3 is 1.89 bits per heavy atom. The predicted molar refractivity (Wildman–Crippen MR) is 70.3 cm³/mol. The Morgan fingerprint density at radius 2 is 1.56 bits per heavy atom. The maximum atomic E-state index is 11.4.